The summed E-state index contributed by atoms with van der Waals surface area (Å²) < 4.78 is 36.1. The van der Waals surface area contributed by atoms with Crippen molar-refractivity contribution in [3.63, 3.8) is 0 Å². The Labute approximate surface area is 206 Å². The van der Waals surface area contributed by atoms with Crippen LogP contribution in [0.3, 0.4) is 0 Å². The highest BCUT2D eigenvalue weighted by Crippen LogP contribution is 2.42. The minimum atomic E-state index is -0.659. The number of aromatic nitrogens is 2. The molecule has 2 N–H and O–H groups in total. The molecule has 1 aromatic heterocycles. The molecule has 6 nitrogen and oxygen atoms in total. The van der Waals surface area contributed by atoms with Gasteiger partial charge in [0.1, 0.15) is 22.9 Å². The lowest BCUT2D eigenvalue weighted by molar-refractivity contribution is 0.0791. The maximum atomic E-state index is 16.2. The van der Waals surface area contributed by atoms with Crippen molar-refractivity contribution in [2.75, 3.05) is 25.1 Å². The van der Waals surface area contributed by atoms with Crippen LogP contribution in [0.5, 0.6) is 11.8 Å². The summed E-state index contributed by atoms with van der Waals surface area (Å²) in [6.45, 7) is 1.22. The number of aliphatic hydroxyl groups is 1. The van der Waals surface area contributed by atoms with Gasteiger partial charge in [-0.25, -0.2) is 8.78 Å². The molecule has 6 rings (SSSR count). The van der Waals surface area contributed by atoms with Gasteiger partial charge >= 0.3 is 6.01 Å². The largest absolute Gasteiger partial charge is 0.508 e. The Kier molecular flexibility index (Phi) is 5.20. The van der Waals surface area contributed by atoms with Crippen molar-refractivity contribution >= 4 is 27.5 Å². The number of hydrogen-bond donors (Lipinski definition) is 2. The van der Waals surface area contributed by atoms with Gasteiger partial charge in [0.15, 0.2) is 5.82 Å². The van der Waals surface area contributed by atoms with E-state index in [0.29, 0.717) is 35.1 Å². The number of piperidine rings is 1. The maximum absolute atomic E-state index is 16.2. The molecular weight excluding hydrogens is 464 g/mol. The highest BCUT2D eigenvalue weighted by molar-refractivity contribution is 6.04. The second-order valence-electron chi connectivity index (χ2n) is 9.51. The van der Waals surface area contributed by atoms with Gasteiger partial charge in [0.2, 0.25) is 0 Å². The van der Waals surface area contributed by atoms with Crippen LogP contribution in [0.15, 0.2) is 36.4 Å². The Morgan fingerprint density at radius 2 is 1.81 bits per heavy atom. The van der Waals surface area contributed by atoms with E-state index in [2.05, 4.69) is 20.8 Å². The number of halogens is 2. The highest BCUT2D eigenvalue weighted by Gasteiger charge is 2.41. The maximum Gasteiger partial charge on any atom is 0.318 e. The lowest BCUT2D eigenvalue weighted by Crippen LogP contribution is -2.45. The Hall–Kier alpha value is -3.96. The number of hydrogen-bond acceptors (Lipinski definition) is 6. The number of methoxy groups -OCH3 is 1. The van der Waals surface area contributed by atoms with Crippen LogP contribution >= 0.6 is 0 Å². The summed E-state index contributed by atoms with van der Waals surface area (Å²) in [5, 5.41) is 22.1. The van der Waals surface area contributed by atoms with Crippen molar-refractivity contribution in [1.29, 1.82) is 0 Å². The van der Waals surface area contributed by atoms with E-state index in [-0.39, 0.29) is 51.9 Å². The lowest BCUT2D eigenvalue weighted by Gasteiger charge is -2.36. The number of phenolic OH excluding ortho intramolecular Hbond substituents is 1. The van der Waals surface area contributed by atoms with Crippen molar-refractivity contribution in [2.24, 2.45) is 11.8 Å². The topological polar surface area (TPSA) is 78.7 Å². The van der Waals surface area contributed by atoms with E-state index in [1.54, 1.807) is 12.1 Å². The van der Waals surface area contributed by atoms with Crippen LogP contribution in [0.25, 0.3) is 32.8 Å². The smallest absolute Gasteiger partial charge is 0.318 e. The number of anilines is 1. The van der Waals surface area contributed by atoms with Crippen LogP contribution in [-0.2, 0) is 0 Å². The Morgan fingerprint density at radius 1 is 1.06 bits per heavy atom. The highest BCUT2D eigenvalue weighted by atomic mass is 19.1. The molecule has 1 aliphatic carbocycles. The summed E-state index contributed by atoms with van der Waals surface area (Å²) in [4.78, 5) is 10.9. The Bertz CT molecular complexity index is 1570. The van der Waals surface area contributed by atoms with Crippen LogP contribution in [0.1, 0.15) is 18.4 Å². The zero-order chi connectivity index (χ0) is 25.1. The summed E-state index contributed by atoms with van der Waals surface area (Å²) in [6, 6.07) is 8.86. The number of terminal acetylenes is 1. The van der Waals surface area contributed by atoms with Crippen molar-refractivity contribution < 1.29 is 23.7 Å². The molecule has 1 saturated heterocycles. The predicted molar refractivity (Wildman–Crippen MR) is 133 cm³/mol. The van der Waals surface area contributed by atoms with Crippen LogP contribution in [0.2, 0.25) is 0 Å². The first kappa shape index (κ1) is 22.5. The molecule has 2 heterocycles. The zero-order valence-corrected chi connectivity index (χ0v) is 19.5. The van der Waals surface area contributed by atoms with E-state index in [4.69, 9.17) is 11.2 Å². The van der Waals surface area contributed by atoms with E-state index >= 15 is 4.39 Å². The number of aromatic hydroxyl groups is 1. The third-order valence-corrected chi connectivity index (χ3v) is 7.52. The summed E-state index contributed by atoms with van der Waals surface area (Å²) in [5.41, 5.74) is 0.412. The SMILES string of the molecule is C#Cc1c(F)ccc2cc(O)cc(-c3ccc4c(N5CC6CCC(C5)C6O)nc(OC)nc4c3F)c12. The third kappa shape index (κ3) is 3.34. The van der Waals surface area contributed by atoms with Gasteiger partial charge < -0.3 is 19.8 Å². The molecule has 2 aliphatic rings. The van der Waals surface area contributed by atoms with Crippen molar-refractivity contribution in [1.82, 2.24) is 9.97 Å². The van der Waals surface area contributed by atoms with E-state index in [0.717, 1.165) is 12.8 Å². The molecule has 2 unspecified atom stereocenters. The zero-order valence-electron chi connectivity index (χ0n) is 19.5. The second-order valence-corrected chi connectivity index (χ2v) is 9.51. The number of rotatable bonds is 3. The van der Waals surface area contributed by atoms with E-state index in [9.17, 15) is 14.6 Å². The monoisotopic (exact) mass is 487 g/mol. The normalized spacial score (nSPS) is 21.2. The number of phenols is 1. The molecule has 8 heteroatoms. The van der Waals surface area contributed by atoms with Crippen LogP contribution < -0.4 is 9.64 Å². The number of nitrogens with zero attached hydrogens (tertiary/aromatic N) is 3. The molecule has 2 bridgehead atoms. The summed E-state index contributed by atoms with van der Waals surface area (Å²) in [6.07, 6.45) is 7.16. The van der Waals surface area contributed by atoms with E-state index in [1.807, 2.05) is 0 Å². The van der Waals surface area contributed by atoms with Crippen molar-refractivity contribution in [3.05, 3.63) is 53.6 Å². The summed E-state index contributed by atoms with van der Waals surface area (Å²) in [5.74, 6) is 1.82. The molecule has 2 fully saturated rings. The first-order valence-corrected chi connectivity index (χ1v) is 11.8. The van der Waals surface area contributed by atoms with Gasteiger partial charge in [-0.1, -0.05) is 18.1 Å². The van der Waals surface area contributed by atoms with Gasteiger partial charge in [0, 0.05) is 41.3 Å². The second kappa shape index (κ2) is 8.32. The minimum absolute atomic E-state index is 0.00898. The number of fused-ring (bicyclic) bond motifs is 4. The molecule has 0 radical (unpaired) electrons. The third-order valence-electron chi connectivity index (χ3n) is 7.52. The molecule has 1 saturated carbocycles. The average molecular weight is 488 g/mol. The molecule has 1 aliphatic heterocycles. The predicted octanol–water partition coefficient (Wildman–Crippen LogP) is 4.63. The Balaban J connectivity index is 1.58. The lowest BCUT2D eigenvalue weighted by atomic mass is 9.92. The van der Waals surface area contributed by atoms with Crippen molar-refractivity contribution in [3.8, 4) is 35.2 Å². The molecular formula is C28H23F2N3O3. The fourth-order valence-corrected chi connectivity index (χ4v) is 5.81. The molecule has 2 atom stereocenters. The van der Waals surface area contributed by atoms with Crippen LogP contribution in [0.4, 0.5) is 14.6 Å². The van der Waals surface area contributed by atoms with Gasteiger partial charge in [-0.05, 0) is 48.1 Å². The molecule has 3 aromatic carbocycles. The standard InChI is InChI=1S/C28H23F2N3O3/c1-3-18-22(29)9-6-14-10-17(34)11-21(23(14)18)19-7-8-20-25(24(19)30)31-28(36-2)32-27(20)33-12-15-4-5-16(13-33)26(15)35/h1,6-11,15-16,26,34-35H,4-5,12-13H2,2H3. The summed E-state index contributed by atoms with van der Waals surface area (Å²) in [7, 11) is 1.42. The summed E-state index contributed by atoms with van der Waals surface area (Å²) >= 11 is 0. The molecule has 182 valence electrons. The van der Waals surface area contributed by atoms with Crippen LogP contribution in [-0.4, -0.2) is 46.5 Å². The number of aliphatic hydroxyl groups excluding tert-OH is 1. The number of benzene rings is 3. The minimum Gasteiger partial charge on any atom is -0.508 e. The van der Waals surface area contributed by atoms with Crippen molar-refractivity contribution in [2.45, 2.75) is 18.9 Å². The van der Waals surface area contributed by atoms with E-state index in [1.165, 1.54) is 31.4 Å². The average Bonchev–Trinajstić information content (AvgIpc) is 3.07. The van der Waals surface area contributed by atoms with Crippen LogP contribution in [0, 0.1) is 35.8 Å². The first-order valence-electron chi connectivity index (χ1n) is 11.8. The number of ether oxygens (including phenoxy) is 1. The van der Waals surface area contributed by atoms with Gasteiger partial charge in [-0.2, -0.15) is 9.97 Å². The van der Waals surface area contributed by atoms with Gasteiger partial charge in [-0.15, -0.1) is 6.42 Å². The molecule has 4 aromatic rings. The molecule has 0 spiro atoms. The molecule has 36 heavy (non-hydrogen) atoms. The van der Waals surface area contributed by atoms with Gasteiger partial charge in [-0.3, -0.25) is 0 Å². The van der Waals surface area contributed by atoms with Gasteiger partial charge in [0.05, 0.1) is 18.8 Å². The quantitative estimate of drug-likeness (QED) is 0.411. The molecule has 0 amide bonds. The fraction of sp³-hybridized carbons (Fsp3) is 0.286. The fourth-order valence-electron chi connectivity index (χ4n) is 5.81. The Morgan fingerprint density at radius 3 is 2.50 bits per heavy atom. The van der Waals surface area contributed by atoms with Gasteiger partial charge in [0.25, 0.3) is 0 Å². The van der Waals surface area contributed by atoms with E-state index < -0.39 is 11.6 Å². The first-order chi connectivity index (χ1) is 17.4.